The quantitative estimate of drug-likeness (QED) is 0.235. The molecule has 2 rings (SSSR count). The van der Waals surface area contributed by atoms with E-state index < -0.39 is 0 Å². The zero-order valence-corrected chi connectivity index (χ0v) is 25.5. The largest absolute Gasteiger partial charge is 0.333 e. The van der Waals surface area contributed by atoms with Crippen molar-refractivity contribution >= 4 is 0 Å². The molecule has 0 aromatic rings. The molecule has 2 aliphatic carbocycles. The average molecular weight is 477 g/mol. The van der Waals surface area contributed by atoms with Crippen molar-refractivity contribution in [2.24, 2.45) is 28.7 Å². The molecule has 2 fully saturated rings. The molecule has 2 unspecified atom stereocenters. The van der Waals surface area contributed by atoms with E-state index >= 15 is 0 Å². The van der Waals surface area contributed by atoms with Gasteiger partial charge < -0.3 is 11.5 Å². The van der Waals surface area contributed by atoms with Gasteiger partial charge in [-0.25, -0.2) is 0 Å². The van der Waals surface area contributed by atoms with Gasteiger partial charge in [0.05, 0.1) is 0 Å². The molecule has 0 aromatic carbocycles. The Balaban J connectivity index is -0.000000226. The highest BCUT2D eigenvalue weighted by Crippen LogP contribution is 2.65. The fourth-order valence-electron chi connectivity index (χ4n) is 4.40. The van der Waals surface area contributed by atoms with Crippen LogP contribution in [0.3, 0.4) is 0 Å². The molecule has 2 aliphatic rings. The van der Waals surface area contributed by atoms with Gasteiger partial charge in [-0.3, -0.25) is 0 Å². The standard InChI is InChI=1S/C17H26.C9H16.2C2H6.2CH5N/c1-5-13(2)12-16-14(3)17(16,4)15-10-8-6-7-9-11-15;1-5-6-9(4)7-8(2)3;4*1-2/h5,12,15-16H,1,3,6-11H2,2,4H3;6-7H,5H2,1-4H3;2*1-2H3;2*2H2,1H3/b13-12-;9-6+;;;;. The SMILES string of the molecule is C=C/C(C)=C\C1C(=C)C1(C)C1CCCCCC1.CC.CC.CC/C=C(\C)C=C(C)C.CN.CN. The predicted molar refractivity (Wildman–Crippen MR) is 162 cm³/mol. The Morgan fingerprint density at radius 1 is 0.882 bits per heavy atom. The number of rotatable bonds is 5. The minimum atomic E-state index is 0.397. The molecule has 2 atom stereocenters. The Hall–Kier alpha value is -1.38. The van der Waals surface area contributed by atoms with Crippen molar-refractivity contribution in [3.8, 4) is 0 Å². The van der Waals surface area contributed by atoms with Gasteiger partial charge in [0.25, 0.3) is 0 Å². The van der Waals surface area contributed by atoms with Crippen molar-refractivity contribution in [3.63, 3.8) is 0 Å². The molecule has 0 bridgehead atoms. The first-order valence-electron chi connectivity index (χ1n) is 13.7. The van der Waals surface area contributed by atoms with Crippen molar-refractivity contribution in [3.05, 3.63) is 59.8 Å². The van der Waals surface area contributed by atoms with Crippen molar-refractivity contribution in [2.75, 3.05) is 14.1 Å². The lowest BCUT2D eigenvalue weighted by Crippen LogP contribution is -2.14. The predicted octanol–water partition coefficient (Wildman–Crippen LogP) is 9.79. The minimum Gasteiger partial charge on any atom is -0.333 e. The third-order valence-corrected chi connectivity index (χ3v) is 6.13. The molecule has 4 N–H and O–H groups in total. The van der Waals surface area contributed by atoms with Crippen LogP contribution in [0.4, 0.5) is 0 Å². The van der Waals surface area contributed by atoms with E-state index in [1.807, 2.05) is 33.8 Å². The van der Waals surface area contributed by atoms with Crippen LogP contribution in [-0.4, -0.2) is 14.1 Å². The van der Waals surface area contributed by atoms with Crippen molar-refractivity contribution in [1.29, 1.82) is 0 Å². The van der Waals surface area contributed by atoms with E-state index in [1.54, 1.807) is 0 Å². The van der Waals surface area contributed by atoms with Gasteiger partial charge in [-0.1, -0.05) is 127 Å². The Bertz CT molecular complexity index is 568. The molecule has 2 nitrogen and oxygen atoms in total. The van der Waals surface area contributed by atoms with Crippen LogP contribution in [-0.2, 0) is 0 Å². The van der Waals surface area contributed by atoms with E-state index in [2.05, 4.69) is 84.4 Å². The minimum absolute atomic E-state index is 0.397. The zero-order chi connectivity index (χ0) is 27.7. The van der Waals surface area contributed by atoms with E-state index in [0.717, 1.165) is 12.3 Å². The highest BCUT2D eigenvalue weighted by Gasteiger charge is 2.57. The number of nitrogens with two attached hydrogens (primary N) is 2. The second-order valence-electron chi connectivity index (χ2n) is 8.67. The van der Waals surface area contributed by atoms with Crippen molar-refractivity contribution < 1.29 is 0 Å². The van der Waals surface area contributed by atoms with Gasteiger partial charge in [-0.05, 0) is 67.0 Å². The first-order valence-corrected chi connectivity index (χ1v) is 13.7. The van der Waals surface area contributed by atoms with E-state index in [9.17, 15) is 0 Å². The summed E-state index contributed by atoms with van der Waals surface area (Å²) in [5.41, 5.74) is 14.9. The van der Waals surface area contributed by atoms with Crippen LogP contribution >= 0.6 is 0 Å². The molecular weight excluding hydrogens is 412 g/mol. The van der Waals surface area contributed by atoms with Gasteiger partial charge >= 0.3 is 0 Å². The van der Waals surface area contributed by atoms with Crippen LogP contribution in [0.15, 0.2) is 59.8 Å². The summed E-state index contributed by atoms with van der Waals surface area (Å²) in [6.07, 6.45) is 18.4. The van der Waals surface area contributed by atoms with Crippen LogP contribution in [0, 0.1) is 17.3 Å². The molecule has 0 aromatic heterocycles. The molecule has 0 amide bonds. The van der Waals surface area contributed by atoms with Gasteiger partial charge in [-0.15, -0.1) is 0 Å². The molecule has 2 heteroatoms. The number of hydrogen-bond donors (Lipinski definition) is 2. The lowest BCUT2D eigenvalue weighted by Gasteiger charge is -2.22. The van der Waals surface area contributed by atoms with E-state index in [-0.39, 0.29) is 0 Å². The van der Waals surface area contributed by atoms with Crippen molar-refractivity contribution in [2.45, 2.75) is 114 Å². The summed E-state index contributed by atoms with van der Waals surface area (Å²) in [7, 11) is 3.00. The van der Waals surface area contributed by atoms with Gasteiger partial charge in [0.2, 0.25) is 0 Å². The highest BCUT2D eigenvalue weighted by atomic mass is 14.6. The lowest BCUT2D eigenvalue weighted by atomic mass is 9.82. The maximum Gasteiger partial charge on any atom is 0.00795 e. The third kappa shape index (κ3) is 16.3. The van der Waals surface area contributed by atoms with Crippen LogP contribution in [0.25, 0.3) is 0 Å². The Kier molecular flexibility index (Phi) is 30.7. The Morgan fingerprint density at radius 3 is 1.68 bits per heavy atom. The summed E-state index contributed by atoms with van der Waals surface area (Å²) in [6.45, 7) is 29.3. The van der Waals surface area contributed by atoms with Gasteiger partial charge in [0, 0.05) is 11.3 Å². The van der Waals surface area contributed by atoms with Crippen molar-refractivity contribution in [1.82, 2.24) is 0 Å². The van der Waals surface area contributed by atoms with Crippen LogP contribution in [0.5, 0.6) is 0 Å². The summed E-state index contributed by atoms with van der Waals surface area (Å²) < 4.78 is 0. The fraction of sp³-hybridized carbons (Fsp3) is 0.688. The topological polar surface area (TPSA) is 52.0 Å². The maximum atomic E-state index is 4.50. The number of allylic oxidation sites excluding steroid dienone is 8. The molecule has 0 saturated heterocycles. The smallest absolute Gasteiger partial charge is 0.00795 e. The Morgan fingerprint density at radius 2 is 1.32 bits per heavy atom. The molecule has 0 spiro atoms. The van der Waals surface area contributed by atoms with Crippen LogP contribution < -0.4 is 11.5 Å². The van der Waals surface area contributed by atoms with Crippen LogP contribution in [0.2, 0.25) is 0 Å². The lowest BCUT2D eigenvalue weighted by molar-refractivity contribution is 0.295. The third-order valence-electron chi connectivity index (χ3n) is 6.13. The van der Waals surface area contributed by atoms with Gasteiger partial charge in [0.15, 0.2) is 0 Å². The molecule has 2 saturated carbocycles. The second-order valence-corrected chi connectivity index (χ2v) is 8.67. The summed E-state index contributed by atoms with van der Waals surface area (Å²) in [5.74, 6) is 1.49. The maximum absolute atomic E-state index is 4.50. The monoisotopic (exact) mass is 477 g/mol. The van der Waals surface area contributed by atoms with E-state index in [1.165, 1.54) is 74.9 Å². The Labute approximate surface area is 216 Å². The summed E-state index contributed by atoms with van der Waals surface area (Å²) in [4.78, 5) is 0. The first-order chi connectivity index (χ1) is 16.3. The zero-order valence-electron chi connectivity index (χ0n) is 25.5. The van der Waals surface area contributed by atoms with E-state index in [0.29, 0.717) is 11.3 Å². The van der Waals surface area contributed by atoms with Crippen LogP contribution in [0.1, 0.15) is 114 Å². The molecule has 34 heavy (non-hydrogen) atoms. The summed E-state index contributed by atoms with van der Waals surface area (Å²) in [6, 6.07) is 0. The average Bonchev–Trinajstić information content (AvgIpc) is 3.50. The molecule has 0 heterocycles. The molecule has 202 valence electrons. The molecular formula is C32H64N2. The number of hydrogen-bond acceptors (Lipinski definition) is 2. The molecule has 0 radical (unpaired) electrons. The first kappa shape index (κ1) is 39.8. The normalized spacial score (nSPS) is 21.5. The summed E-state index contributed by atoms with van der Waals surface area (Å²) >= 11 is 0. The molecule has 0 aliphatic heterocycles. The van der Waals surface area contributed by atoms with Gasteiger partial charge in [0.1, 0.15) is 0 Å². The van der Waals surface area contributed by atoms with Gasteiger partial charge in [-0.2, -0.15) is 0 Å². The summed E-state index contributed by atoms with van der Waals surface area (Å²) in [5, 5.41) is 0. The van der Waals surface area contributed by atoms with E-state index in [4.69, 9.17) is 0 Å². The second kappa shape index (κ2) is 26.2. The fourth-order valence-corrected chi connectivity index (χ4v) is 4.40. The highest BCUT2D eigenvalue weighted by molar-refractivity contribution is 5.42.